The Bertz CT molecular complexity index is 308. The average Bonchev–Trinajstić information content (AvgIpc) is 2.31. The average molecular weight is 206 g/mol. The first-order chi connectivity index (χ1) is 7.38. The fourth-order valence-electron chi connectivity index (χ4n) is 2.05. The van der Waals surface area contributed by atoms with Crippen LogP contribution in [-0.4, -0.2) is 24.7 Å². The van der Waals surface area contributed by atoms with Crippen molar-refractivity contribution in [3.8, 4) is 5.75 Å². The normalized spacial score (nSPS) is 21.3. The van der Waals surface area contributed by atoms with Crippen molar-refractivity contribution in [3.63, 3.8) is 0 Å². The monoisotopic (exact) mass is 206 g/mol. The van der Waals surface area contributed by atoms with Gasteiger partial charge in [0.25, 0.3) is 0 Å². The van der Waals surface area contributed by atoms with E-state index in [9.17, 15) is 0 Å². The Morgan fingerprint density at radius 3 is 3.20 bits per heavy atom. The Morgan fingerprint density at radius 1 is 1.53 bits per heavy atom. The minimum atomic E-state index is 0.596. The number of nitrogens with one attached hydrogen (secondary N) is 1. The van der Waals surface area contributed by atoms with Crippen LogP contribution in [0.4, 0.5) is 0 Å². The van der Waals surface area contributed by atoms with Gasteiger partial charge in [0.1, 0.15) is 5.75 Å². The summed E-state index contributed by atoms with van der Waals surface area (Å²) in [5, 5.41) is 3.52. The van der Waals surface area contributed by atoms with Crippen molar-refractivity contribution in [3.05, 3.63) is 24.0 Å². The Kier molecular flexibility index (Phi) is 3.56. The van der Waals surface area contributed by atoms with Gasteiger partial charge in [-0.05, 0) is 25.5 Å². The van der Waals surface area contributed by atoms with Gasteiger partial charge < -0.3 is 10.1 Å². The third-order valence-electron chi connectivity index (χ3n) is 2.89. The second kappa shape index (κ2) is 5.12. The molecule has 0 aromatic carbocycles. The molecule has 0 aliphatic carbocycles. The summed E-state index contributed by atoms with van der Waals surface area (Å²) in [5.41, 5.74) is 1.12. The van der Waals surface area contributed by atoms with Gasteiger partial charge in [-0.1, -0.05) is 6.42 Å². The Morgan fingerprint density at radius 2 is 2.47 bits per heavy atom. The van der Waals surface area contributed by atoms with Crippen LogP contribution < -0.4 is 10.1 Å². The van der Waals surface area contributed by atoms with E-state index in [0.717, 1.165) is 24.4 Å². The van der Waals surface area contributed by atoms with Crippen molar-refractivity contribution in [2.45, 2.75) is 31.7 Å². The van der Waals surface area contributed by atoms with Crippen LogP contribution in [0.25, 0.3) is 0 Å². The molecule has 1 fully saturated rings. The molecule has 1 unspecified atom stereocenters. The molecule has 0 spiro atoms. The molecule has 1 N–H and O–H groups in total. The molecule has 82 valence electrons. The molecule has 0 radical (unpaired) electrons. The minimum Gasteiger partial charge on any atom is -0.497 e. The largest absolute Gasteiger partial charge is 0.497 e. The number of piperidine rings is 1. The number of pyridine rings is 1. The minimum absolute atomic E-state index is 0.596. The first-order valence-corrected chi connectivity index (χ1v) is 5.61. The summed E-state index contributed by atoms with van der Waals surface area (Å²) in [6, 6.07) is 4.51. The van der Waals surface area contributed by atoms with Gasteiger partial charge in [0.05, 0.1) is 7.11 Å². The van der Waals surface area contributed by atoms with E-state index in [1.807, 2.05) is 18.3 Å². The molecule has 0 saturated carbocycles. The van der Waals surface area contributed by atoms with Gasteiger partial charge >= 0.3 is 0 Å². The fourth-order valence-corrected chi connectivity index (χ4v) is 2.05. The van der Waals surface area contributed by atoms with E-state index in [-0.39, 0.29) is 0 Å². The number of rotatable bonds is 3. The molecule has 1 saturated heterocycles. The van der Waals surface area contributed by atoms with E-state index < -0.39 is 0 Å². The maximum atomic E-state index is 5.18. The third-order valence-corrected chi connectivity index (χ3v) is 2.89. The predicted molar refractivity (Wildman–Crippen MR) is 60.1 cm³/mol. The Balaban J connectivity index is 1.96. The molecule has 15 heavy (non-hydrogen) atoms. The zero-order valence-electron chi connectivity index (χ0n) is 9.20. The maximum absolute atomic E-state index is 5.18. The van der Waals surface area contributed by atoms with Crippen LogP contribution in [0.1, 0.15) is 25.0 Å². The Labute approximate surface area is 90.9 Å². The summed E-state index contributed by atoms with van der Waals surface area (Å²) in [6.07, 6.45) is 6.73. The SMILES string of the molecule is COc1ccnc(CC2CCCCN2)c1. The van der Waals surface area contributed by atoms with Crippen LogP contribution >= 0.6 is 0 Å². The lowest BCUT2D eigenvalue weighted by molar-refractivity contribution is 0.393. The van der Waals surface area contributed by atoms with Gasteiger partial charge in [0, 0.05) is 30.4 Å². The summed E-state index contributed by atoms with van der Waals surface area (Å²) in [7, 11) is 1.69. The van der Waals surface area contributed by atoms with Crippen LogP contribution in [0.3, 0.4) is 0 Å². The predicted octanol–water partition coefficient (Wildman–Crippen LogP) is 1.77. The number of hydrogen-bond donors (Lipinski definition) is 1. The number of nitrogens with zero attached hydrogens (tertiary/aromatic N) is 1. The van der Waals surface area contributed by atoms with Crippen LogP contribution in [0.2, 0.25) is 0 Å². The second-order valence-corrected chi connectivity index (χ2v) is 4.04. The topological polar surface area (TPSA) is 34.1 Å². The van der Waals surface area contributed by atoms with Crippen molar-refractivity contribution >= 4 is 0 Å². The first kappa shape index (κ1) is 10.4. The quantitative estimate of drug-likeness (QED) is 0.818. The summed E-state index contributed by atoms with van der Waals surface area (Å²) in [5.74, 6) is 0.899. The number of hydrogen-bond acceptors (Lipinski definition) is 3. The molecule has 0 bridgehead atoms. The van der Waals surface area contributed by atoms with Crippen molar-refractivity contribution in [2.75, 3.05) is 13.7 Å². The highest BCUT2D eigenvalue weighted by atomic mass is 16.5. The molecule has 3 heteroatoms. The van der Waals surface area contributed by atoms with Gasteiger partial charge in [0.15, 0.2) is 0 Å². The molecule has 2 heterocycles. The zero-order chi connectivity index (χ0) is 10.5. The lowest BCUT2D eigenvalue weighted by atomic mass is 10.0. The van der Waals surface area contributed by atoms with Gasteiger partial charge in [-0.3, -0.25) is 4.98 Å². The van der Waals surface area contributed by atoms with E-state index in [4.69, 9.17) is 4.74 Å². The highest BCUT2D eigenvalue weighted by Crippen LogP contribution is 2.15. The van der Waals surface area contributed by atoms with Crippen molar-refractivity contribution in [1.82, 2.24) is 10.3 Å². The van der Waals surface area contributed by atoms with Crippen molar-refractivity contribution in [1.29, 1.82) is 0 Å². The maximum Gasteiger partial charge on any atom is 0.122 e. The van der Waals surface area contributed by atoms with Gasteiger partial charge in [0.2, 0.25) is 0 Å². The highest BCUT2D eigenvalue weighted by molar-refractivity contribution is 5.22. The third kappa shape index (κ3) is 2.93. The molecular formula is C12H18N2O. The van der Waals surface area contributed by atoms with E-state index in [1.54, 1.807) is 7.11 Å². The number of methoxy groups -OCH3 is 1. The summed E-state index contributed by atoms with van der Waals surface area (Å²) in [6.45, 7) is 1.15. The lowest BCUT2D eigenvalue weighted by Crippen LogP contribution is -2.35. The van der Waals surface area contributed by atoms with E-state index in [2.05, 4.69) is 10.3 Å². The van der Waals surface area contributed by atoms with E-state index in [0.29, 0.717) is 6.04 Å². The van der Waals surface area contributed by atoms with Crippen molar-refractivity contribution < 1.29 is 4.74 Å². The van der Waals surface area contributed by atoms with Gasteiger partial charge in [-0.15, -0.1) is 0 Å². The smallest absolute Gasteiger partial charge is 0.122 e. The van der Waals surface area contributed by atoms with Crippen molar-refractivity contribution in [2.24, 2.45) is 0 Å². The molecule has 1 aliphatic heterocycles. The van der Waals surface area contributed by atoms with E-state index in [1.165, 1.54) is 19.3 Å². The first-order valence-electron chi connectivity index (χ1n) is 5.61. The molecule has 1 atom stereocenters. The van der Waals surface area contributed by atoms with Crippen LogP contribution in [0.5, 0.6) is 5.75 Å². The second-order valence-electron chi connectivity index (χ2n) is 4.04. The van der Waals surface area contributed by atoms with Crippen LogP contribution in [0.15, 0.2) is 18.3 Å². The molecule has 1 aliphatic rings. The molecule has 0 amide bonds. The zero-order valence-corrected chi connectivity index (χ0v) is 9.20. The number of ether oxygens (including phenoxy) is 1. The fraction of sp³-hybridized carbons (Fsp3) is 0.583. The highest BCUT2D eigenvalue weighted by Gasteiger charge is 2.13. The molecule has 3 nitrogen and oxygen atoms in total. The van der Waals surface area contributed by atoms with E-state index >= 15 is 0 Å². The van der Waals surface area contributed by atoms with Crippen LogP contribution in [-0.2, 0) is 6.42 Å². The summed E-state index contributed by atoms with van der Waals surface area (Å²) in [4.78, 5) is 4.36. The molecular weight excluding hydrogens is 188 g/mol. The summed E-state index contributed by atoms with van der Waals surface area (Å²) < 4.78 is 5.18. The standard InChI is InChI=1S/C12H18N2O/c1-15-12-5-7-14-11(9-12)8-10-4-2-3-6-13-10/h5,7,9-10,13H,2-4,6,8H2,1H3. The summed E-state index contributed by atoms with van der Waals surface area (Å²) >= 11 is 0. The Hall–Kier alpha value is -1.09. The van der Waals surface area contributed by atoms with Gasteiger partial charge in [-0.2, -0.15) is 0 Å². The molecule has 2 rings (SSSR count). The molecule has 1 aromatic heterocycles. The van der Waals surface area contributed by atoms with Crippen LogP contribution in [0, 0.1) is 0 Å². The molecule has 1 aromatic rings. The number of aromatic nitrogens is 1. The lowest BCUT2D eigenvalue weighted by Gasteiger charge is -2.23. The van der Waals surface area contributed by atoms with Gasteiger partial charge in [-0.25, -0.2) is 0 Å².